The van der Waals surface area contributed by atoms with E-state index in [1.807, 2.05) is 61.9 Å². The van der Waals surface area contributed by atoms with E-state index in [2.05, 4.69) is 25.8 Å². The van der Waals surface area contributed by atoms with E-state index < -0.39 is 5.83 Å². The van der Waals surface area contributed by atoms with E-state index in [1.165, 1.54) is 6.08 Å². The molecule has 2 saturated carbocycles. The van der Waals surface area contributed by atoms with Gasteiger partial charge in [0.1, 0.15) is 22.9 Å². The largest absolute Gasteiger partial charge is 0.496 e. The molecule has 13 heteroatoms. The number of benzene rings is 2. The second-order valence-corrected chi connectivity index (χ2v) is 17.0. The number of nitrogens with one attached hydrogen (secondary N) is 3. The Morgan fingerprint density at radius 2 is 1.86 bits per heavy atom. The number of methoxy groups -OCH3 is 1. The molecule has 0 unspecified atom stereocenters. The quantitative estimate of drug-likeness (QED) is 0.111. The molecule has 2 amide bonds. The molecule has 12 nitrogen and oxygen atoms in total. The van der Waals surface area contributed by atoms with Gasteiger partial charge in [0.15, 0.2) is 5.82 Å². The maximum Gasteiger partial charge on any atom is 0.293 e. The van der Waals surface area contributed by atoms with Crippen LogP contribution in [0.1, 0.15) is 101 Å². The Kier molecular flexibility index (Phi) is 11.4. The number of rotatable bonds is 15. The zero-order valence-electron chi connectivity index (χ0n) is 34.5. The first kappa shape index (κ1) is 40.4. The first-order valence-corrected chi connectivity index (χ1v) is 20.8. The molecule has 2 aromatic carbocycles. The van der Waals surface area contributed by atoms with E-state index in [4.69, 9.17) is 14.5 Å². The van der Waals surface area contributed by atoms with Crippen LogP contribution >= 0.6 is 0 Å². The molecule has 59 heavy (non-hydrogen) atoms. The highest BCUT2D eigenvalue weighted by Crippen LogP contribution is 2.59. The van der Waals surface area contributed by atoms with Gasteiger partial charge in [-0.2, -0.15) is 0 Å². The van der Waals surface area contributed by atoms with Gasteiger partial charge in [0.05, 0.1) is 12.8 Å². The number of carbonyl (C=O) groups is 3. The number of nitrogens with zero attached hydrogens (tertiary/aromatic N) is 4. The molecule has 2 aliphatic heterocycles. The van der Waals surface area contributed by atoms with E-state index in [-0.39, 0.29) is 34.6 Å². The van der Waals surface area contributed by atoms with E-state index in [1.54, 1.807) is 19.4 Å². The Bertz CT molecular complexity index is 2290. The van der Waals surface area contributed by atoms with Crippen molar-refractivity contribution in [3.8, 4) is 16.9 Å². The third kappa shape index (κ3) is 8.27. The Morgan fingerprint density at radius 3 is 2.61 bits per heavy atom. The van der Waals surface area contributed by atoms with Crippen LogP contribution in [0, 0.1) is 19.3 Å². The van der Waals surface area contributed by atoms with E-state index in [0.717, 1.165) is 104 Å². The van der Waals surface area contributed by atoms with Crippen molar-refractivity contribution in [2.75, 3.05) is 32.1 Å². The van der Waals surface area contributed by atoms with Crippen LogP contribution in [0.15, 0.2) is 48.7 Å². The van der Waals surface area contributed by atoms with Crippen molar-refractivity contribution >= 4 is 35.9 Å². The monoisotopic (exact) mass is 803 g/mol. The summed E-state index contributed by atoms with van der Waals surface area (Å²) < 4.78 is 28.9. The minimum Gasteiger partial charge on any atom is -0.496 e. The summed E-state index contributed by atoms with van der Waals surface area (Å²) in [5.41, 5.74) is 8.04. The molecule has 3 fully saturated rings. The van der Waals surface area contributed by atoms with Crippen LogP contribution in [0.3, 0.4) is 0 Å². The van der Waals surface area contributed by atoms with Crippen molar-refractivity contribution in [2.24, 2.45) is 12.5 Å². The van der Waals surface area contributed by atoms with Crippen molar-refractivity contribution in [1.29, 1.82) is 0 Å². The average Bonchev–Trinajstić information content (AvgIpc) is 4.01. The molecular formula is C46H54FN7O5. The first-order chi connectivity index (χ1) is 28.5. The second-order valence-electron chi connectivity index (χ2n) is 17.0. The lowest BCUT2D eigenvalue weighted by Crippen LogP contribution is -2.35. The molecule has 310 valence electrons. The van der Waals surface area contributed by atoms with Crippen LogP contribution in [-0.4, -0.2) is 76.1 Å². The summed E-state index contributed by atoms with van der Waals surface area (Å²) in [4.78, 5) is 48.2. The molecule has 0 radical (unpaired) electrons. The number of aromatic nitrogens is 3. The standard InChI is InChI=1S/C46H54FN7O5/c1-29-31(21-36(47)38-22-41(58-4)32(24-49-38)23-48-25-33-11-12-42(56)50-33)7-5-8-34(29)35-9-6-10-37(30(35)2)52-44(57)43-51-39-26-54(19-13-40(39)53(43)3)20-18-45-14-16-46(27-45,17-15-45)59-28-55/h5-10,21-22,24,28,33,48H,11-20,23,25-27H2,1-4H3,(H,50,56)(H,52,57)/b36-21-/t33-,45?,46?/m0/s1. The Hall–Kier alpha value is -5.40. The van der Waals surface area contributed by atoms with Crippen molar-refractivity contribution in [3.63, 3.8) is 0 Å². The maximum atomic E-state index is 15.8. The highest BCUT2D eigenvalue weighted by molar-refractivity contribution is 6.03. The fourth-order valence-electron chi connectivity index (χ4n) is 9.93. The maximum absolute atomic E-state index is 15.8. The molecule has 1 atom stereocenters. The summed E-state index contributed by atoms with van der Waals surface area (Å²) in [6, 6.07) is 13.3. The lowest BCUT2D eigenvalue weighted by Gasteiger charge is -2.32. The molecular weight excluding hydrogens is 750 g/mol. The molecule has 4 heterocycles. The van der Waals surface area contributed by atoms with Crippen LogP contribution in [0.4, 0.5) is 10.1 Å². The second kappa shape index (κ2) is 16.7. The Balaban J connectivity index is 0.926. The van der Waals surface area contributed by atoms with Crippen molar-refractivity contribution in [2.45, 2.75) is 96.4 Å². The zero-order valence-corrected chi connectivity index (χ0v) is 34.5. The van der Waals surface area contributed by atoms with Gasteiger partial charge in [-0.15, -0.1) is 0 Å². The van der Waals surface area contributed by atoms with Crippen LogP contribution in [0.2, 0.25) is 0 Å². The van der Waals surface area contributed by atoms with Crippen LogP contribution in [-0.2, 0) is 40.9 Å². The van der Waals surface area contributed by atoms with E-state index in [9.17, 15) is 14.4 Å². The minimum atomic E-state index is -0.491. The summed E-state index contributed by atoms with van der Waals surface area (Å²) in [6.07, 6.45) is 11.5. The SMILES string of the molecule is COc1cc(/C(F)=C/c2cccc(-c3cccc(NC(=O)c4nc5c(n4C)CCN(CCC46CCC(OC=O)(CC4)C6)C5)c3C)c2C)ncc1CNC[C@@H]1CCC(=O)N1. The number of imidazole rings is 1. The first-order valence-electron chi connectivity index (χ1n) is 20.8. The molecule has 2 aliphatic carbocycles. The minimum absolute atomic E-state index is 0.0729. The van der Waals surface area contributed by atoms with E-state index >= 15 is 4.39 Å². The van der Waals surface area contributed by atoms with Gasteiger partial charge in [0.25, 0.3) is 12.4 Å². The topological polar surface area (TPSA) is 140 Å². The van der Waals surface area contributed by atoms with Gasteiger partial charge in [-0.3, -0.25) is 24.3 Å². The number of pyridine rings is 1. The van der Waals surface area contributed by atoms with Gasteiger partial charge in [-0.05, 0) is 111 Å². The lowest BCUT2D eigenvalue weighted by atomic mass is 9.81. The average molecular weight is 804 g/mol. The lowest BCUT2D eigenvalue weighted by molar-refractivity contribution is -0.142. The zero-order chi connectivity index (χ0) is 41.3. The summed E-state index contributed by atoms with van der Waals surface area (Å²) in [5, 5.41) is 9.42. The van der Waals surface area contributed by atoms with Gasteiger partial charge in [-0.1, -0.05) is 30.3 Å². The van der Waals surface area contributed by atoms with E-state index in [0.29, 0.717) is 55.4 Å². The highest BCUT2D eigenvalue weighted by atomic mass is 19.1. The van der Waals surface area contributed by atoms with Gasteiger partial charge in [0.2, 0.25) is 5.91 Å². The summed E-state index contributed by atoms with van der Waals surface area (Å²) in [6.45, 7) is 8.26. The summed E-state index contributed by atoms with van der Waals surface area (Å²) >= 11 is 0. The number of halogens is 1. The molecule has 2 aromatic heterocycles. The number of ether oxygens (including phenoxy) is 2. The Labute approximate surface area is 345 Å². The number of hydrogen-bond donors (Lipinski definition) is 3. The molecule has 4 aliphatic rings. The van der Waals surface area contributed by atoms with Gasteiger partial charge >= 0.3 is 0 Å². The molecule has 2 bridgehead atoms. The predicted molar refractivity (Wildman–Crippen MR) is 224 cm³/mol. The predicted octanol–water partition coefficient (Wildman–Crippen LogP) is 6.82. The summed E-state index contributed by atoms with van der Waals surface area (Å²) in [5.74, 6) is 0.227. The van der Waals surface area contributed by atoms with Gasteiger partial charge in [-0.25, -0.2) is 9.37 Å². The fraction of sp³-hybridized carbons (Fsp3) is 0.457. The number of amides is 2. The number of anilines is 1. The summed E-state index contributed by atoms with van der Waals surface area (Å²) in [7, 11) is 3.47. The van der Waals surface area contributed by atoms with Crippen LogP contribution in [0.5, 0.6) is 5.75 Å². The highest BCUT2D eigenvalue weighted by Gasteiger charge is 2.55. The molecule has 8 rings (SSSR count). The third-order valence-electron chi connectivity index (χ3n) is 13.4. The van der Waals surface area contributed by atoms with Crippen molar-refractivity contribution < 1.29 is 28.2 Å². The van der Waals surface area contributed by atoms with Crippen molar-refractivity contribution in [1.82, 2.24) is 30.1 Å². The third-order valence-corrected chi connectivity index (χ3v) is 13.4. The van der Waals surface area contributed by atoms with Gasteiger partial charge in [0, 0.05) is 81.3 Å². The molecule has 3 N–H and O–H groups in total. The van der Waals surface area contributed by atoms with Gasteiger partial charge < -0.3 is 30.0 Å². The molecule has 1 saturated heterocycles. The molecule has 4 aromatic rings. The van der Waals surface area contributed by atoms with Crippen molar-refractivity contribution in [3.05, 3.63) is 93.8 Å². The normalized spacial score (nSPS) is 22.6. The fourth-order valence-corrected chi connectivity index (χ4v) is 9.93. The smallest absolute Gasteiger partial charge is 0.293 e. The Morgan fingerprint density at radius 1 is 1.08 bits per heavy atom. The number of carbonyl (C=O) groups excluding carboxylic acids is 3. The number of fused-ring (bicyclic) bond motifs is 3. The van der Waals surface area contributed by atoms with Crippen LogP contribution < -0.4 is 20.7 Å². The number of hydrogen-bond acceptors (Lipinski definition) is 9. The van der Waals surface area contributed by atoms with Crippen LogP contribution in [0.25, 0.3) is 23.0 Å². The molecule has 0 spiro atoms.